The summed E-state index contributed by atoms with van der Waals surface area (Å²) in [5, 5.41) is 0. The molecule has 0 rings (SSSR count). The molecule has 3 N–H and O–H groups in total. The standard InChI is InChI=1S/Co.2H3O4P/c;2*1-5(2,3)4/h;2*(H3,1,2,3,4)/q+3;;/p-3. The van der Waals surface area contributed by atoms with Gasteiger partial charge in [-0.25, -0.2) is 4.57 Å². The zero-order valence-corrected chi connectivity index (χ0v) is 7.44. The van der Waals surface area contributed by atoms with E-state index in [1.165, 1.54) is 0 Å². The van der Waals surface area contributed by atoms with Gasteiger partial charge < -0.3 is 33.9 Å². The Morgan fingerprint density at radius 1 is 0.909 bits per heavy atom. The van der Waals surface area contributed by atoms with Crippen LogP contribution in [0.5, 0.6) is 0 Å². The first-order valence-corrected chi connectivity index (χ1v) is 4.54. The van der Waals surface area contributed by atoms with Crippen LogP contribution in [-0.2, 0) is 25.9 Å². The van der Waals surface area contributed by atoms with Crippen molar-refractivity contribution in [3.05, 3.63) is 0 Å². The van der Waals surface area contributed by atoms with Gasteiger partial charge in [0.2, 0.25) is 0 Å². The van der Waals surface area contributed by atoms with Gasteiger partial charge in [-0.2, -0.15) is 7.82 Å². The van der Waals surface area contributed by atoms with Crippen LogP contribution in [0, 0.1) is 0 Å². The smallest absolute Gasteiger partial charge is 0.822 e. The predicted molar refractivity (Wildman–Crippen MR) is 21.9 cm³/mol. The van der Waals surface area contributed by atoms with Crippen molar-refractivity contribution in [1.82, 2.24) is 0 Å². The Kier molecular flexibility index (Phi) is 10.1. The Bertz CT molecular complexity index is 124. The van der Waals surface area contributed by atoms with Crippen LogP contribution in [0.15, 0.2) is 0 Å². The van der Waals surface area contributed by atoms with E-state index in [0.29, 0.717) is 0 Å². The van der Waals surface area contributed by atoms with Crippen molar-refractivity contribution in [2.45, 2.75) is 0 Å². The molecule has 0 aliphatic rings. The fourth-order valence-electron chi connectivity index (χ4n) is 0. The molecule has 70 valence electrons. The summed E-state index contributed by atoms with van der Waals surface area (Å²) in [7, 11) is -10.0. The summed E-state index contributed by atoms with van der Waals surface area (Å²) in [6.45, 7) is 0. The molecule has 0 unspecified atom stereocenters. The summed E-state index contributed by atoms with van der Waals surface area (Å²) in [4.78, 5) is 47.2. The Hall–Kier alpha value is 0.726. The van der Waals surface area contributed by atoms with Crippen molar-refractivity contribution < 1.29 is 55.3 Å². The molecule has 0 aromatic rings. The Morgan fingerprint density at radius 3 is 0.909 bits per heavy atom. The van der Waals surface area contributed by atoms with Gasteiger partial charge in [-0.3, -0.25) is 0 Å². The fraction of sp³-hybridized carbons (Fsp3) is 0. The third-order valence-electron chi connectivity index (χ3n) is 0. The summed E-state index contributed by atoms with van der Waals surface area (Å²) in [5.74, 6) is 0. The van der Waals surface area contributed by atoms with Gasteiger partial charge in [-0.15, -0.1) is 0 Å². The summed E-state index contributed by atoms with van der Waals surface area (Å²) >= 11 is 0. The molecule has 0 atom stereocenters. The van der Waals surface area contributed by atoms with Gasteiger partial charge in [0.1, 0.15) is 0 Å². The maximum absolute atomic E-state index is 8.88. The Labute approximate surface area is 71.6 Å². The Morgan fingerprint density at radius 2 is 0.909 bits per heavy atom. The van der Waals surface area contributed by atoms with E-state index in [9.17, 15) is 0 Å². The van der Waals surface area contributed by atoms with Gasteiger partial charge in [-0.05, 0) is 0 Å². The van der Waals surface area contributed by atoms with Crippen LogP contribution in [0.2, 0.25) is 0 Å². The van der Waals surface area contributed by atoms with Crippen LogP contribution in [-0.4, -0.2) is 14.7 Å². The molecule has 0 saturated heterocycles. The van der Waals surface area contributed by atoms with Gasteiger partial charge in [0.15, 0.2) is 0 Å². The normalized spacial score (nSPS) is 10.7. The minimum atomic E-state index is -5.39. The molecular formula is H3CoO8P2. The van der Waals surface area contributed by atoms with Crippen LogP contribution in [0.1, 0.15) is 0 Å². The molecule has 0 amide bonds. The quantitative estimate of drug-likeness (QED) is 0.369. The number of hydrogen-bond donors (Lipinski definition) is 3. The summed E-state index contributed by atoms with van der Waals surface area (Å²) in [6, 6.07) is 0. The predicted octanol–water partition coefficient (Wildman–Crippen LogP) is -3.76. The van der Waals surface area contributed by atoms with Crippen molar-refractivity contribution in [2.24, 2.45) is 0 Å². The molecule has 0 fully saturated rings. The average molecular weight is 252 g/mol. The SMILES string of the molecule is O=P(O)(O)O.O=P([O-])([O-])[O-].[Co+3]. The molecule has 11 heavy (non-hydrogen) atoms. The molecule has 8 nitrogen and oxygen atoms in total. The van der Waals surface area contributed by atoms with Crippen LogP contribution >= 0.6 is 15.6 Å². The zero-order valence-electron chi connectivity index (χ0n) is 4.61. The van der Waals surface area contributed by atoms with E-state index in [0.717, 1.165) is 0 Å². The molecule has 0 aliphatic heterocycles. The van der Waals surface area contributed by atoms with Crippen molar-refractivity contribution in [1.29, 1.82) is 0 Å². The number of rotatable bonds is 0. The van der Waals surface area contributed by atoms with E-state index in [4.69, 9.17) is 38.5 Å². The fourth-order valence-corrected chi connectivity index (χ4v) is 0. The minimum Gasteiger partial charge on any atom is -0.822 e. The zero-order chi connectivity index (χ0) is 9.00. The molecule has 0 radical (unpaired) electrons. The summed E-state index contributed by atoms with van der Waals surface area (Å²) in [6.07, 6.45) is 0. The van der Waals surface area contributed by atoms with Gasteiger partial charge in [0.05, 0.1) is 0 Å². The van der Waals surface area contributed by atoms with Gasteiger partial charge >= 0.3 is 24.6 Å². The maximum atomic E-state index is 8.88. The third-order valence-corrected chi connectivity index (χ3v) is 0. The van der Waals surface area contributed by atoms with E-state index in [2.05, 4.69) is 0 Å². The Balaban J connectivity index is -0.000000107. The second-order valence-corrected chi connectivity index (χ2v) is 2.88. The second kappa shape index (κ2) is 6.27. The molecule has 0 aliphatic carbocycles. The van der Waals surface area contributed by atoms with Crippen molar-refractivity contribution in [3.63, 3.8) is 0 Å². The molecule has 0 heterocycles. The largest absolute Gasteiger partial charge is 3.00 e. The second-order valence-electron chi connectivity index (χ2n) is 0.960. The summed E-state index contributed by atoms with van der Waals surface area (Å²) in [5.41, 5.74) is 0. The van der Waals surface area contributed by atoms with Crippen molar-refractivity contribution in [3.8, 4) is 0 Å². The van der Waals surface area contributed by atoms with E-state index in [1.54, 1.807) is 0 Å². The average Bonchev–Trinajstić information content (AvgIpc) is 1.12. The van der Waals surface area contributed by atoms with E-state index in [-0.39, 0.29) is 16.8 Å². The van der Waals surface area contributed by atoms with Crippen molar-refractivity contribution in [2.75, 3.05) is 0 Å². The van der Waals surface area contributed by atoms with E-state index in [1.807, 2.05) is 0 Å². The molecule has 0 aromatic heterocycles. The molecule has 0 aromatic carbocycles. The van der Waals surface area contributed by atoms with Gasteiger partial charge in [-0.1, -0.05) is 0 Å². The van der Waals surface area contributed by atoms with Crippen LogP contribution in [0.25, 0.3) is 0 Å². The van der Waals surface area contributed by atoms with Gasteiger partial charge in [0.25, 0.3) is 0 Å². The monoisotopic (exact) mass is 252 g/mol. The van der Waals surface area contributed by atoms with Crippen LogP contribution in [0.4, 0.5) is 0 Å². The van der Waals surface area contributed by atoms with E-state index < -0.39 is 15.6 Å². The first-order valence-electron chi connectivity index (χ1n) is 1.51. The van der Waals surface area contributed by atoms with Crippen molar-refractivity contribution >= 4 is 15.6 Å². The summed E-state index contributed by atoms with van der Waals surface area (Å²) < 4.78 is 17.4. The first kappa shape index (κ1) is 17.7. The molecule has 0 saturated carbocycles. The van der Waals surface area contributed by atoms with E-state index >= 15 is 0 Å². The van der Waals surface area contributed by atoms with Crippen LogP contribution < -0.4 is 14.7 Å². The molecule has 0 spiro atoms. The third kappa shape index (κ3) is 1550. The van der Waals surface area contributed by atoms with Gasteiger partial charge in [0, 0.05) is 0 Å². The number of phosphoric acid groups is 2. The first-order chi connectivity index (χ1) is 4.00. The molecule has 0 bridgehead atoms. The minimum absolute atomic E-state index is 0. The number of hydrogen-bond acceptors (Lipinski definition) is 5. The molecule has 11 heteroatoms. The molecular weight excluding hydrogens is 249 g/mol. The topological polar surface area (TPSA) is 164 Å². The van der Waals surface area contributed by atoms with Crippen LogP contribution in [0.3, 0.4) is 0 Å². The maximum Gasteiger partial charge on any atom is 3.00 e.